The quantitative estimate of drug-likeness (QED) is 0.893. The molecule has 1 aromatic carbocycles. The van der Waals surface area contributed by atoms with Crippen LogP contribution in [0.4, 0.5) is 0 Å². The summed E-state index contributed by atoms with van der Waals surface area (Å²) in [7, 11) is 1.66. The molecule has 0 saturated heterocycles. The molecule has 1 heterocycles. The molecule has 0 bridgehead atoms. The van der Waals surface area contributed by atoms with Gasteiger partial charge in [-0.25, -0.2) is 4.98 Å². The zero-order chi connectivity index (χ0) is 13.3. The van der Waals surface area contributed by atoms with Crippen molar-refractivity contribution in [1.29, 1.82) is 0 Å². The number of amides is 1. The van der Waals surface area contributed by atoms with Gasteiger partial charge in [-0.15, -0.1) is 0 Å². The maximum absolute atomic E-state index is 11.6. The number of rotatable bonds is 3. The number of aliphatic hydroxyl groups is 1. The Labute approximate surface area is 105 Å². The molecule has 18 heavy (non-hydrogen) atoms. The second-order valence-electron chi connectivity index (χ2n) is 4.41. The summed E-state index contributed by atoms with van der Waals surface area (Å²) in [6, 6.07) is 5.62. The number of aliphatic hydroxyl groups excluding tert-OH is 1. The molecular formula is C13H16N2O3. The molecule has 0 radical (unpaired) electrons. The van der Waals surface area contributed by atoms with Crippen molar-refractivity contribution < 1.29 is 14.3 Å². The molecule has 0 spiro atoms. The van der Waals surface area contributed by atoms with Crippen LogP contribution in [-0.2, 0) is 11.3 Å². The molecule has 0 aliphatic carbocycles. The van der Waals surface area contributed by atoms with E-state index in [-0.39, 0.29) is 5.91 Å². The van der Waals surface area contributed by atoms with E-state index in [1.165, 1.54) is 11.8 Å². The summed E-state index contributed by atoms with van der Waals surface area (Å²) in [5, 5.41) is 9.22. The maximum atomic E-state index is 11.6. The van der Waals surface area contributed by atoms with Gasteiger partial charge in [0.2, 0.25) is 0 Å². The van der Waals surface area contributed by atoms with Crippen LogP contribution in [0.15, 0.2) is 22.6 Å². The van der Waals surface area contributed by atoms with Crippen LogP contribution in [0.2, 0.25) is 0 Å². The van der Waals surface area contributed by atoms with E-state index in [2.05, 4.69) is 4.98 Å². The molecule has 5 heteroatoms. The summed E-state index contributed by atoms with van der Waals surface area (Å²) < 4.78 is 5.43. The average molecular weight is 248 g/mol. The third kappa shape index (κ3) is 2.51. The van der Waals surface area contributed by atoms with Crippen LogP contribution in [0.5, 0.6) is 0 Å². The van der Waals surface area contributed by atoms with Gasteiger partial charge in [-0.1, -0.05) is 6.07 Å². The van der Waals surface area contributed by atoms with Crippen LogP contribution in [0, 0.1) is 6.92 Å². The number of benzene rings is 1. The van der Waals surface area contributed by atoms with Crippen LogP contribution in [0.1, 0.15) is 18.4 Å². The lowest BCUT2D eigenvalue weighted by Gasteiger charge is -2.18. The minimum atomic E-state index is -0.980. The van der Waals surface area contributed by atoms with Crippen LogP contribution in [0.25, 0.3) is 11.1 Å². The Morgan fingerprint density at radius 1 is 1.56 bits per heavy atom. The van der Waals surface area contributed by atoms with Crippen molar-refractivity contribution in [2.24, 2.45) is 0 Å². The molecule has 0 aliphatic rings. The zero-order valence-corrected chi connectivity index (χ0v) is 10.7. The summed E-state index contributed by atoms with van der Waals surface area (Å²) in [6.45, 7) is 3.68. The Bertz CT molecular complexity index is 575. The van der Waals surface area contributed by atoms with Crippen LogP contribution in [0.3, 0.4) is 0 Å². The lowest BCUT2D eigenvalue weighted by Crippen LogP contribution is -2.34. The second kappa shape index (κ2) is 4.78. The van der Waals surface area contributed by atoms with Crippen LogP contribution >= 0.6 is 0 Å². The number of hydrogen-bond donors (Lipinski definition) is 1. The fourth-order valence-electron chi connectivity index (χ4n) is 1.85. The first kappa shape index (κ1) is 12.6. The summed E-state index contributed by atoms with van der Waals surface area (Å²) in [5.41, 5.74) is 2.46. The van der Waals surface area contributed by atoms with Gasteiger partial charge in [-0.05, 0) is 24.6 Å². The smallest absolute Gasteiger partial charge is 0.251 e. The predicted octanol–water partition coefficient (Wildman–Crippen LogP) is 1.48. The fraction of sp³-hybridized carbons (Fsp3) is 0.385. The van der Waals surface area contributed by atoms with E-state index in [1.807, 2.05) is 18.2 Å². The lowest BCUT2D eigenvalue weighted by molar-refractivity contribution is -0.138. The highest BCUT2D eigenvalue weighted by molar-refractivity contribution is 5.80. The van der Waals surface area contributed by atoms with Crippen molar-refractivity contribution >= 4 is 17.0 Å². The second-order valence-corrected chi connectivity index (χ2v) is 4.41. The monoisotopic (exact) mass is 248 g/mol. The number of fused-ring (bicyclic) bond motifs is 1. The molecule has 96 valence electrons. The summed E-state index contributed by atoms with van der Waals surface area (Å²) in [4.78, 5) is 17.2. The van der Waals surface area contributed by atoms with Crippen LogP contribution in [-0.4, -0.2) is 34.0 Å². The minimum absolute atomic E-state index is 0.302. The number of carbonyl (C=O) groups is 1. The van der Waals surface area contributed by atoms with Gasteiger partial charge in [0.05, 0.1) is 0 Å². The third-order valence-corrected chi connectivity index (χ3v) is 2.71. The average Bonchev–Trinajstić information content (AvgIpc) is 2.67. The standard InChI is InChI=1S/C13H16N2O3/c1-8(16)13(17)15(3)7-10-4-5-11-12(6-10)18-9(2)14-11/h4-6,8,16H,7H2,1-3H3. The normalized spacial score (nSPS) is 12.7. The Kier molecular flexibility index (Phi) is 3.34. The van der Waals surface area contributed by atoms with Crippen molar-refractivity contribution in [2.75, 3.05) is 7.05 Å². The van der Waals surface area contributed by atoms with Crippen LogP contribution < -0.4 is 0 Å². The Morgan fingerprint density at radius 3 is 2.94 bits per heavy atom. The minimum Gasteiger partial charge on any atom is -0.441 e. The fourth-order valence-corrected chi connectivity index (χ4v) is 1.85. The number of aromatic nitrogens is 1. The molecule has 2 rings (SSSR count). The molecule has 0 saturated carbocycles. The van der Waals surface area contributed by atoms with E-state index in [0.29, 0.717) is 18.0 Å². The van der Waals surface area contributed by atoms with Gasteiger partial charge in [-0.3, -0.25) is 4.79 Å². The van der Waals surface area contributed by atoms with Crippen molar-refractivity contribution in [3.63, 3.8) is 0 Å². The first-order valence-electron chi connectivity index (χ1n) is 5.76. The summed E-state index contributed by atoms with van der Waals surface area (Å²) >= 11 is 0. The molecule has 1 aromatic heterocycles. The van der Waals surface area contributed by atoms with E-state index >= 15 is 0 Å². The van der Waals surface area contributed by atoms with Crippen molar-refractivity contribution in [2.45, 2.75) is 26.5 Å². The Hall–Kier alpha value is -1.88. The van der Waals surface area contributed by atoms with Gasteiger partial charge in [-0.2, -0.15) is 0 Å². The van der Waals surface area contributed by atoms with E-state index in [4.69, 9.17) is 4.42 Å². The highest BCUT2D eigenvalue weighted by Gasteiger charge is 2.15. The van der Waals surface area contributed by atoms with Gasteiger partial charge >= 0.3 is 0 Å². The van der Waals surface area contributed by atoms with E-state index in [0.717, 1.165) is 11.1 Å². The van der Waals surface area contributed by atoms with Gasteiger partial charge in [0.25, 0.3) is 5.91 Å². The van der Waals surface area contributed by atoms with Gasteiger partial charge < -0.3 is 14.4 Å². The van der Waals surface area contributed by atoms with E-state index in [1.54, 1.807) is 14.0 Å². The zero-order valence-electron chi connectivity index (χ0n) is 10.7. The Balaban J connectivity index is 2.19. The van der Waals surface area contributed by atoms with E-state index < -0.39 is 6.10 Å². The van der Waals surface area contributed by atoms with Gasteiger partial charge in [0.15, 0.2) is 11.5 Å². The largest absolute Gasteiger partial charge is 0.441 e. The first-order valence-corrected chi connectivity index (χ1v) is 5.76. The number of oxazole rings is 1. The molecule has 5 nitrogen and oxygen atoms in total. The molecular weight excluding hydrogens is 232 g/mol. The SMILES string of the molecule is Cc1nc2ccc(CN(C)C(=O)C(C)O)cc2o1. The number of hydrogen-bond acceptors (Lipinski definition) is 4. The van der Waals surface area contributed by atoms with E-state index in [9.17, 15) is 9.90 Å². The van der Waals surface area contributed by atoms with Gasteiger partial charge in [0.1, 0.15) is 11.6 Å². The number of aryl methyl sites for hydroxylation is 1. The first-order chi connectivity index (χ1) is 8.47. The predicted molar refractivity (Wildman–Crippen MR) is 66.9 cm³/mol. The molecule has 1 amide bonds. The molecule has 0 aliphatic heterocycles. The molecule has 2 aromatic rings. The Morgan fingerprint density at radius 2 is 2.28 bits per heavy atom. The number of nitrogens with zero attached hydrogens (tertiary/aromatic N) is 2. The van der Waals surface area contributed by atoms with Crippen molar-refractivity contribution in [3.8, 4) is 0 Å². The number of likely N-dealkylation sites (N-methyl/N-ethyl adjacent to an activating group) is 1. The maximum Gasteiger partial charge on any atom is 0.251 e. The number of carbonyl (C=O) groups excluding carboxylic acids is 1. The molecule has 1 unspecified atom stereocenters. The molecule has 1 atom stereocenters. The molecule has 1 N–H and O–H groups in total. The van der Waals surface area contributed by atoms with Crippen molar-refractivity contribution in [1.82, 2.24) is 9.88 Å². The third-order valence-electron chi connectivity index (χ3n) is 2.71. The molecule has 0 fully saturated rings. The summed E-state index contributed by atoms with van der Waals surface area (Å²) in [6.07, 6.45) is -0.980. The lowest BCUT2D eigenvalue weighted by atomic mass is 10.2. The van der Waals surface area contributed by atoms with Crippen molar-refractivity contribution in [3.05, 3.63) is 29.7 Å². The topological polar surface area (TPSA) is 66.6 Å². The highest BCUT2D eigenvalue weighted by atomic mass is 16.3. The van der Waals surface area contributed by atoms with Gasteiger partial charge in [0, 0.05) is 20.5 Å². The highest BCUT2D eigenvalue weighted by Crippen LogP contribution is 2.17. The summed E-state index contributed by atoms with van der Waals surface area (Å²) in [5.74, 6) is 0.319.